The van der Waals surface area contributed by atoms with E-state index in [9.17, 15) is 19.3 Å². The molecule has 0 unspecified atom stereocenters. The van der Waals surface area contributed by atoms with Crippen molar-refractivity contribution in [2.24, 2.45) is 10.8 Å². The number of hydrogen-bond donors (Lipinski definition) is 2. The zero-order chi connectivity index (χ0) is 33.1. The molecule has 12 nitrogen and oxygen atoms in total. The Balaban J connectivity index is 1.73. The number of aromatic nitrogens is 3. The van der Waals surface area contributed by atoms with Crippen LogP contribution >= 0.6 is 31.3 Å². The van der Waals surface area contributed by atoms with Crippen molar-refractivity contribution in [2.45, 2.75) is 72.6 Å². The number of nitrogens with zero attached hydrogens (tertiary/aromatic N) is 3. The summed E-state index contributed by atoms with van der Waals surface area (Å²) >= 11 is 2.02. The molecule has 1 aliphatic heterocycles. The number of phosphoric ester groups is 1. The van der Waals surface area contributed by atoms with E-state index in [1.165, 1.54) is 17.1 Å². The zero-order valence-corrected chi connectivity index (χ0v) is 28.4. The van der Waals surface area contributed by atoms with Gasteiger partial charge in [0.25, 0.3) is 0 Å². The van der Waals surface area contributed by atoms with Crippen molar-refractivity contribution in [1.29, 1.82) is 0 Å². The van der Waals surface area contributed by atoms with Gasteiger partial charge in [-0.15, -0.1) is 6.42 Å². The number of carbonyl (C=O) groups is 2. The van der Waals surface area contributed by atoms with E-state index in [2.05, 4.69) is 15.9 Å². The van der Waals surface area contributed by atoms with Crippen molar-refractivity contribution in [3.05, 3.63) is 18.1 Å². The Morgan fingerprint density at radius 3 is 2.18 bits per heavy atom. The number of halogens is 1. The molecule has 0 spiro atoms. The molecular weight excluding hydrogens is 634 g/mol. The second kappa shape index (κ2) is 14.2. The van der Waals surface area contributed by atoms with Gasteiger partial charge in [-0.25, -0.2) is 18.9 Å². The van der Waals surface area contributed by atoms with Crippen molar-refractivity contribution >= 4 is 58.4 Å². The molecular formula is C28H40FN4O8PS2. The normalized spacial score (nSPS) is 22.8. The highest BCUT2D eigenvalue weighted by Gasteiger charge is 2.56. The van der Waals surface area contributed by atoms with Gasteiger partial charge in [0.05, 0.1) is 30.8 Å². The minimum atomic E-state index is -4.31. The predicted octanol–water partition coefficient (Wildman–Crippen LogP) is 4.75. The van der Waals surface area contributed by atoms with Crippen molar-refractivity contribution in [2.75, 3.05) is 37.1 Å². The van der Waals surface area contributed by atoms with Crippen LogP contribution in [-0.2, 0) is 32.5 Å². The number of ether oxygens (including phenoxy) is 1. The lowest BCUT2D eigenvalue weighted by Crippen LogP contribution is -2.40. The van der Waals surface area contributed by atoms with Gasteiger partial charge in [-0.3, -0.25) is 23.2 Å². The van der Waals surface area contributed by atoms with Crippen molar-refractivity contribution in [3.8, 4) is 12.3 Å². The number of fused-ring (bicyclic) bond motifs is 1. The van der Waals surface area contributed by atoms with Crippen LogP contribution < -0.4 is 5.73 Å². The molecule has 2 aromatic heterocycles. The molecule has 1 saturated heterocycles. The molecule has 0 aromatic carbocycles. The van der Waals surface area contributed by atoms with E-state index in [0.717, 1.165) is 30.4 Å². The number of phosphoric acid groups is 1. The van der Waals surface area contributed by atoms with Crippen LogP contribution in [0.1, 0.15) is 60.3 Å². The summed E-state index contributed by atoms with van der Waals surface area (Å²) in [6.07, 6.45) is 3.79. The fourth-order valence-corrected chi connectivity index (χ4v) is 7.02. The van der Waals surface area contributed by atoms with E-state index in [1.54, 1.807) is 41.5 Å². The number of thioether (sulfide) groups is 2. The minimum absolute atomic E-state index is 0.0804. The smallest absolute Gasteiger partial charge is 0.387 e. The van der Waals surface area contributed by atoms with E-state index < -0.39 is 49.4 Å². The number of aliphatic hydroxyl groups excluding tert-OH is 1. The van der Waals surface area contributed by atoms with Gasteiger partial charge in [-0.05, 0) is 6.92 Å². The van der Waals surface area contributed by atoms with Gasteiger partial charge in [0.1, 0.15) is 30.0 Å². The molecule has 0 aliphatic carbocycles. The largest absolute Gasteiger partial charge is 0.474 e. The first-order chi connectivity index (χ1) is 20.3. The Labute approximate surface area is 265 Å². The van der Waals surface area contributed by atoms with Gasteiger partial charge in [-0.2, -0.15) is 0 Å². The molecule has 16 heteroatoms. The highest BCUT2D eigenvalue weighted by atomic mass is 32.2. The summed E-state index contributed by atoms with van der Waals surface area (Å²) < 4.78 is 53.3. The van der Waals surface area contributed by atoms with E-state index in [-0.39, 0.29) is 46.4 Å². The molecule has 0 radical (unpaired) electrons. The van der Waals surface area contributed by atoms with Crippen LogP contribution in [0.5, 0.6) is 0 Å². The molecule has 0 bridgehead atoms. The number of terminal acetylenes is 1. The molecule has 1 aliphatic rings. The Bertz CT molecular complexity index is 1410. The molecule has 0 amide bonds. The topological polar surface area (TPSA) is 165 Å². The van der Waals surface area contributed by atoms with Crippen LogP contribution in [0.3, 0.4) is 0 Å². The average Bonchev–Trinajstić information content (AvgIpc) is 3.41. The first-order valence-corrected chi connectivity index (χ1v) is 17.2. The molecule has 3 heterocycles. The van der Waals surface area contributed by atoms with Gasteiger partial charge in [0, 0.05) is 28.5 Å². The zero-order valence-electron chi connectivity index (χ0n) is 25.9. The summed E-state index contributed by atoms with van der Waals surface area (Å²) in [6.45, 7) is 10.9. The lowest BCUT2D eigenvalue weighted by molar-refractivity contribution is -0.118. The summed E-state index contributed by atoms with van der Waals surface area (Å²) in [7, 11) is -4.31. The third-order valence-corrected chi connectivity index (χ3v) is 10.5. The SMILES string of the molecule is C#Cc1cn([C@@H]2O[C@H](COP(=O)(OCCSC(=O)C(C)(C)C)OCCSC(=O)C(C)(C)C)[C@@H](O)[C@@]2(C)F)c2ncnc(N)c12. The number of rotatable bonds is 12. The van der Waals surface area contributed by atoms with E-state index in [4.69, 9.17) is 30.5 Å². The molecule has 44 heavy (non-hydrogen) atoms. The first-order valence-electron chi connectivity index (χ1n) is 13.8. The van der Waals surface area contributed by atoms with Gasteiger partial charge in [-0.1, -0.05) is 71.0 Å². The first kappa shape index (κ1) is 36.4. The quantitative estimate of drug-likeness (QED) is 0.180. The summed E-state index contributed by atoms with van der Waals surface area (Å²) in [5.74, 6) is 2.90. The predicted molar refractivity (Wildman–Crippen MR) is 169 cm³/mol. The Kier molecular flexibility index (Phi) is 11.7. The monoisotopic (exact) mass is 674 g/mol. The second-order valence-corrected chi connectivity index (χ2v) is 16.2. The third kappa shape index (κ3) is 8.61. The van der Waals surface area contributed by atoms with Crippen molar-refractivity contribution < 1.29 is 42.0 Å². The second-order valence-electron chi connectivity index (χ2n) is 12.4. The fraction of sp³-hybridized carbons (Fsp3) is 0.643. The maximum absolute atomic E-state index is 16.0. The molecule has 3 N–H and O–H groups in total. The molecule has 2 aromatic rings. The standard InChI is InChI=1S/C28H40FN4O8PS2/c1-9-17-14-33(22-19(17)21(30)31-16-32-22)23-28(8,29)20(34)18(41-23)15-40-42(37,38-10-12-43-24(35)26(2,3)4)39-11-13-44-25(36)27(5,6)7/h1,14,16,18,20,23,34H,10-13,15H2,2-8H3,(H2,30,31,32)/t18-,20-,23-,28-/m1/s1. The summed E-state index contributed by atoms with van der Waals surface area (Å²) in [5.41, 5.74) is 2.97. The maximum Gasteiger partial charge on any atom is 0.474 e. The van der Waals surface area contributed by atoms with Crippen LogP contribution in [0.4, 0.5) is 10.2 Å². The van der Waals surface area contributed by atoms with Crippen molar-refractivity contribution in [1.82, 2.24) is 14.5 Å². The van der Waals surface area contributed by atoms with Crippen LogP contribution in [0.2, 0.25) is 0 Å². The number of aliphatic hydroxyl groups is 1. The van der Waals surface area contributed by atoms with Crippen LogP contribution in [-0.4, -0.2) is 79.1 Å². The number of nitrogen functional groups attached to an aromatic ring is 1. The number of nitrogens with two attached hydrogens (primary N) is 1. The summed E-state index contributed by atoms with van der Waals surface area (Å²) in [5, 5.41) is 11.1. The number of alkyl halides is 1. The van der Waals surface area contributed by atoms with Crippen LogP contribution in [0, 0.1) is 23.2 Å². The van der Waals surface area contributed by atoms with E-state index in [1.807, 2.05) is 0 Å². The van der Waals surface area contributed by atoms with E-state index >= 15 is 4.39 Å². The summed E-state index contributed by atoms with van der Waals surface area (Å²) in [6, 6.07) is 0. The number of anilines is 1. The van der Waals surface area contributed by atoms with Gasteiger partial charge in [0.15, 0.2) is 22.1 Å². The lowest BCUT2D eigenvalue weighted by atomic mass is 9.98. The van der Waals surface area contributed by atoms with Crippen LogP contribution in [0.15, 0.2) is 12.5 Å². The molecule has 4 atom stereocenters. The minimum Gasteiger partial charge on any atom is -0.387 e. The third-order valence-electron chi connectivity index (χ3n) is 6.52. The van der Waals surface area contributed by atoms with Gasteiger partial charge >= 0.3 is 7.82 Å². The molecule has 0 saturated carbocycles. The van der Waals surface area contributed by atoms with Gasteiger partial charge in [0.2, 0.25) is 0 Å². The Hall–Kier alpha value is -2.02. The average molecular weight is 675 g/mol. The number of hydrogen-bond acceptors (Lipinski definition) is 13. The highest BCUT2D eigenvalue weighted by Crippen LogP contribution is 2.51. The molecule has 244 valence electrons. The van der Waals surface area contributed by atoms with E-state index in [0.29, 0.717) is 10.9 Å². The molecule has 1 fully saturated rings. The Morgan fingerprint density at radius 1 is 1.14 bits per heavy atom. The molecule has 3 rings (SSSR count). The van der Waals surface area contributed by atoms with Gasteiger partial charge < -0.3 is 20.1 Å². The lowest BCUT2D eigenvalue weighted by Gasteiger charge is -2.25. The van der Waals surface area contributed by atoms with Crippen molar-refractivity contribution in [3.63, 3.8) is 0 Å². The number of carbonyl (C=O) groups excluding carboxylic acids is 2. The summed E-state index contributed by atoms with van der Waals surface area (Å²) in [4.78, 5) is 32.6. The fourth-order valence-electron chi connectivity index (χ4n) is 4.02. The highest BCUT2D eigenvalue weighted by molar-refractivity contribution is 8.14. The van der Waals surface area contributed by atoms with Crippen LogP contribution in [0.25, 0.3) is 11.0 Å². The Morgan fingerprint density at radius 2 is 1.68 bits per heavy atom. The maximum atomic E-state index is 16.0.